The fourth-order valence-electron chi connectivity index (χ4n) is 3.96. The summed E-state index contributed by atoms with van der Waals surface area (Å²) in [6.07, 6.45) is -7.93. The number of rotatable bonds is 11. The molecule has 1 fully saturated rings. The van der Waals surface area contributed by atoms with Gasteiger partial charge in [0.25, 0.3) is 6.43 Å². The van der Waals surface area contributed by atoms with E-state index in [1.54, 1.807) is 32.0 Å². The van der Waals surface area contributed by atoms with Gasteiger partial charge >= 0.3 is 18.5 Å². The first-order valence-electron chi connectivity index (χ1n) is 12.1. The van der Waals surface area contributed by atoms with Gasteiger partial charge in [-0.2, -0.15) is 8.78 Å². The Morgan fingerprint density at radius 2 is 1.93 bits per heavy atom. The number of halogens is 4. The smallest absolute Gasteiger partial charge is 0.323 e. The van der Waals surface area contributed by atoms with Crippen LogP contribution in [0.3, 0.4) is 0 Å². The Balaban J connectivity index is 1.66. The molecule has 5 atom stereocenters. The van der Waals surface area contributed by atoms with Gasteiger partial charge in [-0.1, -0.05) is 18.2 Å². The van der Waals surface area contributed by atoms with Gasteiger partial charge < -0.3 is 29.4 Å². The minimum absolute atomic E-state index is 0.0783. The lowest BCUT2D eigenvalue weighted by atomic mass is 9.96. The second-order valence-corrected chi connectivity index (χ2v) is 12.5. The van der Waals surface area contributed by atoms with E-state index < -0.39 is 61.6 Å². The maximum Gasteiger partial charge on any atom is 0.323 e. The van der Waals surface area contributed by atoms with Crippen molar-refractivity contribution in [2.24, 2.45) is 0 Å². The standard InChI is InChI=1S/C23H27F4N6O6PS/c1-12(2)37-18(34)13(3)32-40(41,39-14-7-5-4-6-8-14)36-9-22(20(24)25)19(35)23(26,27)21(38-22)33-11-31-15-16(28)29-10-30-17(15)33/h4-8,10-13,19-21,35H,9H2,1-3H3,(H,32,41)(H2,28,29,30). The minimum Gasteiger partial charge on any atom is -0.462 e. The molecule has 4 N–H and O–H groups in total. The van der Waals surface area contributed by atoms with E-state index in [9.17, 15) is 18.7 Å². The number of anilines is 1. The molecule has 0 spiro atoms. The predicted octanol–water partition coefficient (Wildman–Crippen LogP) is 3.19. The second kappa shape index (κ2) is 11.7. The summed E-state index contributed by atoms with van der Waals surface area (Å²) < 4.78 is 82.4. The number of nitrogens with two attached hydrogens (primary N) is 1. The molecule has 41 heavy (non-hydrogen) atoms. The molecule has 1 aliphatic heterocycles. The number of aliphatic hydroxyl groups excluding tert-OH is 1. The summed E-state index contributed by atoms with van der Waals surface area (Å²) in [5.74, 6) is -5.06. The molecule has 224 valence electrons. The van der Waals surface area contributed by atoms with Gasteiger partial charge in [0.2, 0.25) is 6.23 Å². The number of carbonyl (C=O) groups excluding carboxylic acids is 1. The monoisotopic (exact) mass is 622 g/mol. The van der Waals surface area contributed by atoms with Crippen LogP contribution in [0.4, 0.5) is 23.4 Å². The first kappa shape index (κ1) is 31.0. The minimum atomic E-state index is -4.29. The van der Waals surface area contributed by atoms with E-state index in [-0.39, 0.29) is 22.7 Å². The molecule has 5 unspecified atom stereocenters. The van der Waals surface area contributed by atoms with Gasteiger partial charge in [-0.05, 0) is 44.7 Å². The van der Waals surface area contributed by atoms with E-state index in [1.807, 2.05) is 0 Å². The van der Waals surface area contributed by atoms with Crippen molar-refractivity contribution in [2.75, 3.05) is 12.3 Å². The summed E-state index contributed by atoms with van der Waals surface area (Å²) in [6.45, 7) is -0.724. The van der Waals surface area contributed by atoms with Crippen molar-refractivity contribution in [2.45, 2.75) is 63.2 Å². The van der Waals surface area contributed by atoms with Gasteiger partial charge in [0, 0.05) is 0 Å². The topological polar surface area (TPSA) is 156 Å². The van der Waals surface area contributed by atoms with Crippen LogP contribution in [0.2, 0.25) is 0 Å². The van der Waals surface area contributed by atoms with E-state index >= 15 is 8.78 Å². The van der Waals surface area contributed by atoms with E-state index in [4.69, 9.17) is 36.1 Å². The zero-order valence-corrected chi connectivity index (χ0v) is 23.6. The van der Waals surface area contributed by atoms with Crippen LogP contribution in [0.25, 0.3) is 11.2 Å². The largest absolute Gasteiger partial charge is 0.462 e. The molecule has 0 radical (unpaired) electrons. The van der Waals surface area contributed by atoms with Crippen molar-refractivity contribution in [3.63, 3.8) is 0 Å². The predicted molar refractivity (Wildman–Crippen MR) is 141 cm³/mol. The van der Waals surface area contributed by atoms with Crippen molar-refractivity contribution >= 4 is 41.4 Å². The van der Waals surface area contributed by atoms with Crippen molar-refractivity contribution < 1.29 is 46.0 Å². The molecule has 0 bridgehead atoms. The number of imidazole rings is 1. The highest BCUT2D eigenvalue weighted by Gasteiger charge is 2.71. The molecule has 2 aromatic heterocycles. The van der Waals surface area contributed by atoms with Gasteiger partial charge in [-0.15, -0.1) is 0 Å². The maximum atomic E-state index is 15.4. The Morgan fingerprint density at radius 1 is 1.24 bits per heavy atom. The number of nitrogens with one attached hydrogen (secondary N) is 1. The van der Waals surface area contributed by atoms with Crippen LogP contribution in [0, 0.1) is 0 Å². The van der Waals surface area contributed by atoms with Crippen molar-refractivity contribution in [3.05, 3.63) is 43.0 Å². The third-order valence-corrected chi connectivity index (χ3v) is 8.46. The Bertz CT molecular complexity index is 1440. The fraction of sp³-hybridized carbons (Fsp3) is 0.478. The molecule has 3 heterocycles. The number of nitrogens with zero attached hydrogens (tertiary/aromatic N) is 4. The molecular formula is C23H27F4N6O6PS. The maximum absolute atomic E-state index is 15.4. The fourth-order valence-corrected chi connectivity index (χ4v) is 6.38. The number of para-hydroxylation sites is 1. The average molecular weight is 623 g/mol. The van der Waals surface area contributed by atoms with Gasteiger partial charge in [0.15, 0.2) is 23.2 Å². The molecule has 1 aromatic carbocycles. The zero-order valence-electron chi connectivity index (χ0n) is 21.9. The first-order valence-corrected chi connectivity index (χ1v) is 14.8. The van der Waals surface area contributed by atoms with Gasteiger partial charge in [0.1, 0.15) is 23.6 Å². The van der Waals surface area contributed by atoms with Crippen LogP contribution in [-0.4, -0.2) is 73.4 Å². The van der Waals surface area contributed by atoms with Crippen LogP contribution >= 0.6 is 6.64 Å². The summed E-state index contributed by atoms with van der Waals surface area (Å²) >= 11 is 5.48. The van der Waals surface area contributed by atoms with E-state index in [1.165, 1.54) is 19.1 Å². The number of benzene rings is 1. The van der Waals surface area contributed by atoms with Crippen molar-refractivity contribution in [1.29, 1.82) is 0 Å². The molecule has 0 amide bonds. The summed E-state index contributed by atoms with van der Waals surface area (Å²) in [4.78, 5) is 23.8. The van der Waals surface area contributed by atoms with Crippen LogP contribution in [-0.2, 0) is 30.6 Å². The lowest BCUT2D eigenvalue weighted by Crippen LogP contribution is -2.54. The Kier molecular flexibility index (Phi) is 8.87. The van der Waals surface area contributed by atoms with E-state index in [2.05, 4.69) is 20.0 Å². The third-order valence-electron chi connectivity index (χ3n) is 5.98. The molecule has 3 aromatic rings. The summed E-state index contributed by atoms with van der Waals surface area (Å²) in [7, 11) is 0. The van der Waals surface area contributed by atoms with Gasteiger partial charge in [-0.3, -0.25) is 9.36 Å². The van der Waals surface area contributed by atoms with Gasteiger partial charge in [-0.25, -0.2) is 28.8 Å². The molecule has 18 heteroatoms. The summed E-state index contributed by atoms with van der Waals surface area (Å²) in [5, 5.41) is 13.2. The first-order chi connectivity index (χ1) is 19.2. The van der Waals surface area contributed by atoms with Crippen molar-refractivity contribution in [1.82, 2.24) is 24.6 Å². The number of esters is 1. The lowest BCUT2D eigenvalue weighted by Gasteiger charge is -2.34. The Morgan fingerprint density at radius 3 is 2.56 bits per heavy atom. The van der Waals surface area contributed by atoms with Crippen LogP contribution in [0.5, 0.6) is 5.75 Å². The number of aliphatic hydroxyl groups is 1. The van der Waals surface area contributed by atoms with E-state index in [0.29, 0.717) is 4.57 Å². The van der Waals surface area contributed by atoms with Gasteiger partial charge in [0.05, 0.1) is 19.0 Å². The van der Waals surface area contributed by atoms with Crippen molar-refractivity contribution in [3.8, 4) is 5.75 Å². The number of carbonyl (C=O) groups is 1. The summed E-state index contributed by atoms with van der Waals surface area (Å²) in [5.41, 5.74) is 2.09. The average Bonchev–Trinajstić information content (AvgIpc) is 3.41. The molecule has 12 nitrogen and oxygen atoms in total. The SMILES string of the molecule is CC(C)OC(=O)C(C)NP(=S)(OCC1(C(F)F)OC(n2cnc3c(N)ncnc32)C(F)(F)C1O)Oc1ccccc1. The highest BCUT2D eigenvalue weighted by molar-refractivity contribution is 8.09. The number of nitrogen functional groups attached to an aromatic ring is 1. The number of ether oxygens (including phenoxy) is 2. The van der Waals surface area contributed by atoms with Crippen LogP contribution in [0.1, 0.15) is 27.0 Å². The summed E-state index contributed by atoms with van der Waals surface area (Å²) in [6, 6.07) is 6.66. The van der Waals surface area contributed by atoms with Crippen LogP contribution < -0.4 is 15.3 Å². The van der Waals surface area contributed by atoms with E-state index in [0.717, 1.165) is 12.7 Å². The normalized spacial score (nSPS) is 24.4. The number of hydrogen-bond acceptors (Lipinski definition) is 11. The van der Waals surface area contributed by atoms with Crippen LogP contribution in [0.15, 0.2) is 43.0 Å². The number of alkyl halides is 4. The number of aromatic nitrogens is 4. The molecule has 4 rings (SSSR count). The number of fused-ring (bicyclic) bond motifs is 1. The Hall–Kier alpha value is -2.95. The quantitative estimate of drug-likeness (QED) is 0.163. The lowest BCUT2D eigenvalue weighted by molar-refractivity contribution is -0.191. The number of hydrogen-bond donors (Lipinski definition) is 3. The third kappa shape index (κ3) is 6.15. The second-order valence-electron chi connectivity index (χ2n) is 9.40. The molecule has 0 saturated carbocycles. The molecule has 0 aliphatic carbocycles. The molecule has 1 saturated heterocycles. The molecular weight excluding hydrogens is 595 g/mol. The molecule has 1 aliphatic rings. The Labute approximate surface area is 236 Å². The highest BCUT2D eigenvalue weighted by atomic mass is 32.5. The highest BCUT2D eigenvalue weighted by Crippen LogP contribution is 2.54. The zero-order chi connectivity index (χ0) is 30.2.